The summed E-state index contributed by atoms with van der Waals surface area (Å²) < 4.78 is 51.9. The van der Waals surface area contributed by atoms with Crippen molar-refractivity contribution in [3.05, 3.63) is 81.0 Å². The highest BCUT2D eigenvalue weighted by molar-refractivity contribution is 5.72. The van der Waals surface area contributed by atoms with Crippen LogP contribution in [0.15, 0.2) is 64.2 Å². The molecule has 2 aromatic carbocycles. The smallest absolute Gasteiger partial charge is 0.425 e. The average molecular weight is 518 g/mol. The average Bonchev–Trinajstić information content (AvgIpc) is 3.19. The summed E-state index contributed by atoms with van der Waals surface area (Å²) in [5.41, 5.74) is -0.0951. The van der Waals surface area contributed by atoms with Gasteiger partial charge in [-0.3, -0.25) is 18.5 Å². The van der Waals surface area contributed by atoms with Gasteiger partial charge in [-0.05, 0) is 37.5 Å². The van der Waals surface area contributed by atoms with E-state index < -0.39 is 23.4 Å². The number of alkyl halides is 3. The minimum Gasteiger partial charge on any atom is -0.425 e. The monoisotopic (exact) mass is 518 g/mol. The van der Waals surface area contributed by atoms with Gasteiger partial charge in [0.05, 0.1) is 6.54 Å². The Bertz CT molecular complexity index is 1490. The van der Waals surface area contributed by atoms with Crippen molar-refractivity contribution in [2.75, 3.05) is 6.61 Å². The normalized spacial score (nSPS) is 11.7. The highest BCUT2D eigenvalue weighted by Gasteiger charge is 2.31. The van der Waals surface area contributed by atoms with Crippen LogP contribution in [0.2, 0.25) is 0 Å². The van der Waals surface area contributed by atoms with Crippen molar-refractivity contribution in [2.45, 2.75) is 45.8 Å². The number of hydrogen-bond acceptors (Lipinski definition) is 6. The van der Waals surface area contributed by atoms with Crippen LogP contribution in [0.1, 0.15) is 25.3 Å². The predicted octanol–water partition coefficient (Wildman–Crippen LogP) is 3.89. The highest BCUT2D eigenvalue weighted by Crippen LogP contribution is 2.30. The molecule has 0 aliphatic rings. The fourth-order valence-electron chi connectivity index (χ4n) is 3.97. The summed E-state index contributed by atoms with van der Waals surface area (Å²) in [5, 5.41) is 9.12. The molecule has 0 saturated heterocycles. The zero-order valence-electron chi connectivity index (χ0n) is 19.9. The lowest BCUT2D eigenvalue weighted by atomic mass is 10.2. The lowest BCUT2D eigenvalue weighted by molar-refractivity contribution is -0.274. The van der Waals surface area contributed by atoms with E-state index in [0.717, 1.165) is 22.3 Å². The number of ether oxygens (including phenoxy) is 2. The second-order valence-corrected chi connectivity index (χ2v) is 8.18. The Morgan fingerprint density at radius 2 is 1.68 bits per heavy atom. The van der Waals surface area contributed by atoms with Crippen molar-refractivity contribution in [3.8, 4) is 17.5 Å². The maximum absolute atomic E-state index is 13.5. The van der Waals surface area contributed by atoms with Crippen LogP contribution in [0.4, 0.5) is 13.2 Å². The second kappa shape index (κ2) is 10.9. The molecule has 37 heavy (non-hydrogen) atoms. The number of rotatable bonds is 10. The zero-order valence-corrected chi connectivity index (χ0v) is 19.9. The topological polar surface area (TPSA) is 101 Å². The summed E-state index contributed by atoms with van der Waals surface area (Å²) in [5.74, 6) is -0.479. The Kier molecular flexibility index (Phi) is 7.67. The van der Waals surface area contributed by atoms with E-state index in [4.69, 9.17) is 9.84 Å². The number of benzene rings is 2. The van der Waals surface area contributed by atoms with Crippen LogP contribution >= 0.6 is 0 Å². The summed E-state index contributed by atoms with van der Waals surface area (Å²) in [4.78, 5) is 31.0. The van der Waals surface area contributed by atoms with E-state index in [1.165, 1.54) is 21.3 Å². The van der Waals surface area contributed by atoms with Crippen molar-refractivity contribution in [3.63, 3.8) is 0 Å². The van der Waals surface area contributed by atoms with Crippen molar-refractivity contribution < 1.29 is 27.8 Å². The van der Waals surface area contributed by atoms with Crippen LogP contribution < -0.4 is 20.7 Å². The summed E-state index contributed by atoms with van der Waals surface area (Å²) in [6, 6.07) is 14.0. The summed E-state index contributed by atoms with van der Waals surface area (Å²) in [6.07, 6.45) is -4.04. The van der Waals surface area contributed by atoms with Gasteiger partial charge in [-0.2, -0.15) is 4.98 Å². The highest BCUT2D eigenvalue weighted by atomic mass is 19.4. The van der Waals surface area contributed by atoms with Crippen LogP contribution in [-0.2, 0) is 19.6 Å². The van der Waals surface area contributed by atoms with Gasteiger partial charge in [0.25, 0.3) is 5.56 Å². The van der Waals surface area contributed by atoms with Gasteiger partial charge in [-0.25, -0.2) is 4.79 Å². The number of aliphatic hydroxyl groups is 1. The maximum Gasteiger partial charge on any atom is 0.573 e. The number of aromatic nitrogens is 4. The molecule has 1 N–H and O–H groups in total. The number of aryl methyl sites for hydroxylation is 1. The number of fused-ring (bicyclic) bond motifs is 1. The van der Waals surface area contributed by atoms with E-state index in [1.807, 2.05) is 30.3 Å². The van der Waals surface area contributed by atoms with Gasteiger partial charge in [-0.15, -0.1) is 13.2 Å². The molecule has 0 fully saturated rings. The molecule has 2 aromatic heterocycles. The quantitative estimate of drug-likeness (QED) is 0.320. The molecule has 0 aliphatic carbocycles. The van der Waals surface area contributed by atoms with E-state index in [-0.39, 0.29) is 49.2 Å². The van der Waals surface area contributed by atoms with E-state index in [2.05, 4.69) is 9.72 Å². The molecule has 0 unspecified atom stereocenters. The van der Waals surface area contributed by atoms with Crippen LogP contribution in [-0.4, -0.2) is 36.8 Å². The number of halogens is 3. The fraction of sp³-hybridized carbons (Fsp3) is 0.320. The first kappa shape index (κ1) is 26.0. The van der Waals surface area contributed by atoms with Gasteiger partial charge in [0, 0.05) is 25.8 Å². The molecule has 9 nitrogen and oxygen atoms in total. The van der Waals surface area contributed by atoms with Crippen molar-refractivity contribution in [2.24, 2.45) is 0 Å². The molecule has 0 atom stereocenters. The Morgan fingerprint density at radius 3 is 2.35 bits per heavy atom. The van der Waals surface area contributed by atoms with Crippen LogP contribution in [0.25, 0.3) is 11.2 Å². The van der Waals surface area contributed by atoms with Gasteiger partial charge in [-0.1, -0.05) is 36.4 Å². The van der Waals surface area contributed by atoms with Crippen molar-refractivity contribution in [1.82, 2.24) is 18.7 Å². The maximum atomic E-state index is 13.5. The van der Waals surface area contributed by atoms with Gasteiger partial charge in [0.15, 0.2) is 11.2 Å². The predicted molar refractivity (Wildman–Crippen MR) is 129 cm³/mol. The van der Waals surface area contributed by atoms with E-state index >= 15 is 0 Å². The van der Waals surface area contributed by atoms with Gasteiger partial charge in [0.1, 0.15) is 11.5 Å². The molecule has 0 aliphatic heterocycles. The van der Waals surface area contributed by atoms with Crippen molar-refractivity contribution in [1.29, 1.82) is 0 Å². The molecule has 0 amide bonds. The molecule has 0 bridgehead atoms. The third kappa shape index (κ3) is 5.85. The standard InChI is InChI=1S/C25H25F3N4O5/c1-2-30-21-20(22(34)31(24(30)35)13-6-7-14-33)32(16-17-9-4-3-5-10-17)23(29-21)36-18-11-8-12-19(15-18)37-25(26,27)28/h3-5,8-12,15,33H,2,6-7,13-14,16H2,1H3. The first-order chi connectivity index (χ1) is 17.7. The van der Waals surface area contributed by atoms with Gasteiger partial charge >= 0.3 is 18.1 Å². The van der Waals surface area contributed by atoms with E-state index in [1.54, 1.807) is 6.92 Å². The van der Waals surface area contributed by atoms with E-state index in [0.29, 0.717) is 12.8 Å². The van der Waals surface area contributed by atoms with Crippen LogP contribution in [0, 0.1) is 0 Å². The summed E-state index contributed by atoms with van der Waals surface area (Å²) >= 11 is 0. The molecular weight excluding hydrogens is 493 g/mol. The second-order valence-electron chi connectivity index (χ2n) is 8.18. The largest absolute Gasteiger partial charge is 0.573 e. The van der Waals surface area contributed by atoms with Gasteiger partial charge < -0.3 is 14.6 Å². The molecule has 4 rings (SSSR count). The Hall–Kier alpha value is -4.06. The third-order valence-electron chi connectivity index (χ3n) is 5.62. The van der Waals surface area contributed by atoms with Crippen LogP contribution in [0.3, 0.4) is 0 Å². The number of imidazole rings is 1. The minimum atomic E-state index is -4.88. The minimum absolute atomic E-state index is 0.0000320. The molecule has 196 valence electrons. The zero-order chi connectivity index (χ0) is 26.6. The lowest BCUT2D eigenvalue weighted by Gasteiger charge is -2.13. The van der Waals surface area contributed by atoms with Crippen molar-refractivity contribution >= 4 is 11.2 Å². The number of aliphatic hydroxyl groups excluding tert-OH is 1. The van der Waals surface area contributed by atoms with Gasteiger partial charge in [0.2, 0.25) is 0 Å². The fourth-order valence-corrected chi connectivity index (χ4v) is 3.97. The molecular formula is C25H25F3N4O5. The number of unbranched alkanes of at least 4 members (excludes halogenated alkanes) is 1. The Morgan fingerprint density at radius 1 is 0.946 bits per heavy atom. The Labute approximate surface area is 208 Å². The first-order valence-electron chi connectivity index (χ1n) is 11.6. The van der Waals surface area contributed by atoms with Crippen LogP contribution in [0.5, 0.6) is 17.5 Å². The lowest BCUT2D eigenvalue weighted by Crippen LogP contribution is -2.40. The number of nitrogens with zero attached hydrogens (tertiary/aromatic N) is 4. The SMILES string of the molecule is CCn1c(=O)n(CCCCO)c(=O)c2c1nc(Oc1cccc(OC(F)(F)F)c1)n2Cc1ccccc1. The Balaban J connectivity index is 1.88. The first-order valence-corrected chi connectivity index (χ1v) is 11.6. The van der Waals surface area contributed by atoms with E-state index in [9.17, 15) is 22.8 Å². The number of hydrogen-bond donors (Lipinski definition) is 1. The molecule has 0 spiro atoms. The molecule has 0 radical (unpaired) electrons. The summed E-state index contributed by atoms with van der Waals surface area (Å²) in [7, 11) is 0. The molecule has 12 heteroatoms. The third-order valence-corrected chi connectivity index (χ3v) is 5.62. The molecule has 0 saturated carbocycles. The molecule has 2 heterocycles. The molecule has 4 aromatic rings. The summed E-state index contributed by atoms with van der Waals surface area (Å²) in [6.45, 7) is 2.14.